The Morgan fingerprint density at radius 2 is 1.84 bits per heavy atom. The fourth-order valence-electron chi connectivity index (χ4n) is 2.59. The van der Waals surface area contributed by atoms with Crippen molar-refractivity contribution in [3.8, 4) is 0 Å². The van der Waals surface area contributed by atoms with Gasteiger partial charge in [-0.05, 0) is 18.2 Å². The monoisotopic (exact) mass is 412 g/mol. The number of rotatable bonds is 2. The van der Waals surface area contributed by atoms with Gasteiger partial charge in [0.1, 0.15) is 5.71 Å². The summed E-state index contributed by atoms with van der Waals surface area (Å²) in [6.45, 7) is 0. The van der Waals surface area contributed by atoms with E-state index in [0.717, 1.165) is 0 Å². The van der Waals surface area contributed by atoms with Crippen LogP contribution < -0.4 is 0 Å². The van der Waals surface area contributed by atoms with Crippen molar-refractivity contribution in [1.29, 1.82) is 0 Å². The minimum absolute atomic E-state index is 0.107. The van der Waals surface area contributed by atoms with Crippen LogP contribution in [0.15, 0.2) is 64.2 Å². The quantitative estimate of drug-likeness (QED) is 0.808. The number of carbonyl (C=O) groups excluding carboxylic acids is 1. The van der Waals surface area contributed by atoms with Gasteiger partial charge in [0.2, 0.25) is 0 Å². The van der Waals surface area contributed by atoms with E-state index in [9.17, 15) is 23.1 Å². The lowest BCUT2D eigenvalue weighted by Crippen LogP contribution is -2.43. The largest absolute Gasteiger partial charge is 0.431 e. The molecule has 1 heterocycles. The van der Waals surface area contributed by atoms with Crippen molar-refractivity contribution in [2.24, 2.45) is 5.10 Å². The van der Waals surface area contributed by atoms with E-state index < -0.39 is 29.9 Å². The summed E-state index contributed by atoms with van der Waals surface area (Å²) in [4.78, 5) is 12.7. The van der Waals surface area contributed by atoms with Crippen molar-refractivity contribution in [2.45, 2.75) is 18.3 Å². The van der Waals surface area contributed by atoms with E-state index in [0.29, 0.717) is 9.48 Å². The summed E-state index contributed by atoms with van der Waals surface area (Å²) in [5.74, 6) is -0.827. The summed E-state index contributed by atoms with van der Waals surface area (Å²) in [5.41, 5.74) is -3.15. The number of amides is 1. The third-order valence-electron chi connectivity index (χ3n) is 3.81. The Hall–Kier alpha value is -2.19. The first-order valence-corrected chi connectivity index (χ1v) is 8.04. The van der Waals surface area contributed by atoms with Crippen molar-refractivity contribution in [3.05, 3.63) is 70.2 Å². The van der Waals surface area contributed by atoms with E-state index in [1.165, 1.54) is 24.3 Å². The number of alkyl halides is 3. The van der Waals surface area contributed by atoms with Gasteiger partial charge in [0.05, 0.1) is 6.42 Å². The van der Waals surface area contributed by atoms with Crippen LogP contribution in [0.4, 0.5) is 13.2 Å². The number of hydrazone groups is 1. The molecule has 0 saturated carbocycles. The topological polar surface area (TPSA) is 52.9 Å². The van der Waals surface area contributed by atoms with E-state index in [-0.39, 0.29) is 11.1 Å². The Labute approximate surface area is 149 Å². The highest BCUT2D eigenvalue weighted by Gasteiger charge is 2.53. The molecule has 4 nitrogen and oxygen atoms in total. The third-order valence-corrected chi connectivity index (χ3v) is 4.31. The number of hydrogen-bond acceptors (Lipinski definition) is 3. The van der Waals surface area contributed by atoms with Crippen LogP contribution in [0.2, 0.25) is 0 Å². The van der Waals surface area contributed by atoms with Gasteiger partial charge in [0.25, 0.3) is 5.91 Å². The zero-order chi connectivity index (χ0) is 18.2. The lowest BCUT2D eigenvalue weighted by Gasteiger charge is -2.31. The molecule has 1 N–H and O–H groups in total. The molecule has 0 aliphatic carbocycles. The number of nitrogens with zero attached hydrogens (tertiary/aromatic N) is 2. The van der Waals surface area contributed by atoms with Crippen molar-refractivity contribution in [3.63, 3.8) is 0 Å². The second-order valence-corrected chi connectivity index (χ2v) is 6.45. The number of carbonyl (C=O) groups is 1. The summed E-state index contributed by atoms with van der Waals surface area (Å²) in [7, 11) is 0. The minimum Gasteiger partial charge on any atom is -0.365 e. The average Bonchev–Trinajstić information content (AvgIpc) is 2.94. The van der Waals surface area contributed by atoms with Gasteiger partial charge in [0, 0.05) is 15.6 Å². The summed E-state index contributed by atoms with van der Waals surface area (Å²) in [6.07, 6.45) is -5.57. The third kappa shape index (κ3) is 3.32. The van der Waals surface area contributed by atoms with Crippen LogP contribution in [-0.4, -0.2) is 27.9 Å². The summed E-state index contributed by atoms with van der Waals surface area (Å²) < 4.78 is 40.0. The first-order chi connectivity index (χ1) is 11.7. The summed E-state index contributed by atoms with van der Waals surface area (Å²) >= 11 is 3.21. The van der Waals surface area contributed by atoms with Crippen LogP contribution in [-0.2, 0) is 5.72 Å². The van der Waals surface area contributed by atoms with Crippen molar-refractivity contribution < 1.29 is 23.1 Å². The molecule has 0 radical (unpaired) electrons. The minimum atomic E-state index is -4.74. The van der Waals surface area contributed by atoms with Crippen molar-refractivity contribution in [2.75, 3.05) is 0 Å². The molecule has 1 aliphatic rings. The van der Waals surface area contributed by atoms with Gasteiger partial charge < -0.3 is 5.11 Å². The van der Waals surface area contributed by atoms with Crippen molar-refractivity contribution in [1.82, 2.24) is 5.01 Å². The molecule has 0 aromatic heterocycles. The smallest absolute Gasteiger partial charge is 0.365 e. The SMILES string of the molecule is O=C(c1cccc(Br)c1)N1N=C(C(F)(F)F)C[C@@]1(O)c1ccccc1. The number of aliphatic hydroxyl groups is 1. The van der Waals surface area contributed by atoms with Crippen LogP contribution in [0.1, 0.15) is 22.3 Å². The van der Waals surface area contributed by atoms with Gasteiger partial charge in [-0.3, -0.25) is 4.79 Å². The zero-order valence-corrected chi connectivity index (χ0v) is 14.3. The van der Waals surface area contributed by atoms with Crippen LogP contribution >= 0.6 is 15.9 Å². The summed E-state index contributed by atoms with van der Waals surface area (Å²) in [5, 5.41) is 14.8. The van der Waals surface area contributed by atoms with Crippen LogP contribution in [0, 0.1) is 0 Å². The van der Waals surface area contributed by atoms with Crippen LogP contribution in [0.3, 0.4) is 0 Å². The molecule has 0 fully saturated rings. The molecule has 0 spiro atoms. The predicted molar refractivity (Wildman–Crippen MR) is 88.8 cm³/mol. The summed E-state index contributed by atoms with van der Waals surface area (Å²) in [6, 6.07) is 13.9. The van der Waals surface area contributed by atoms with Gasteiger partial charge >= 0.3 is 6.18 Å². The van der Waals surface area contributed by atoms with E-state index >= 15 is 0 Å². The number of halogens is 4. The predicted octanol–water partition coefficient (Wildman–Crippen LogP) is 4.06. The van der Waals surface area contributed by atoms with E-state index in [1.54, 1.807) is 30.3 Å². The van der Waals surface area contributed by atoms with Crippen molar-refractivity contribution >= 4 is 27.5 Å². The maximum absolute atomic E-state index is 13.1. The van der Waals surface area contributed by atoms with Gasteiger partial charge in [-0.15, -0.1) is 0 Å². The van der Waals surface area contributed by atoms with Gasteiger partial charge in [0.15, 0.2) is 5.72 Å². The van der Waals surface area contributed by atoms with Gasteiger partial charge in [-0.2, -0.15) is 23.3 Å². The van der Waals surface area contributed by atoms with Gasteiger partial charge in [-0.25, -0.2) is 0 Å². The number of hydrogen-bond donors (Lipinski definition) is 1. The molecular formula is C17H12BrF3N2O2. The molecule has 2 aromatic carbocycles. The highest BCUT2D eigenvalue weighted by atomic mass is 79.9. The number of benzene rings is 2. The first-order valence-electron chi connectivity index (χ1n) is 7.24. The van der Waals surface area contributed by atoms with Gasteiger partial charge in [-0.1, -0.05) is 52.3 Å². The first kappa shape index (κ1) is 17.6. The molecule has 1 aliphatic heterocycles. The maximum atomic E-state index is 13.1. The average molecular weight is 413 g/mol. The Morgan fingerprint density at radius 3 is 2.44 bits per heavy atom. The fourth-order valence-corrected chi connectivity index (χ4v) is 2.99. The normalized spacial score (nSPS) is 20.5. The zero-order valence-electron chi connectivity index (χ0n) is 12.7. The second kappa shape index (κ2) is 6.27. The molecule has 0 bridgehead atoms. The molecule has 8 heteroatoms. The molecule has 25 heavy (non-hydrogen) atoms. The van der Waals surface area contributed by atoms with E-state index in [2.05, 4.69) is 21.0 Å². The Balaban J connectivity index is 2.08. The van der Waals surface area contributed by atoms with E-state index in [4.69, 9.17) is 0 Å². The molecule has 3 rings (SSSR count). The van der Waals surface area contributed by atoms with E-state index in [1.807, 2.05) is 0 Å². The maximum Gasteiger partial charge on any atom is 0.431 e. The van der Waals surface area contributed by atoms with Crippen LogP contribution in [0.25, 0.3) is 0 Å². The Morgan fingerprint density at radius 1 is 1.16 bits per heavy atom. The lowest BCUT2D eigenvalue weighted by molar-refractivity contribution is -0.0816. The molecule has 0 unspecified atom stereocenters. The molecule has 130 valence electrons. The molecule has 1 amide bonds. The Bertz CT molecular complexity index is 839. The molecule has 0 saturated heterocycles. The van der Waals surface area contributed by atoms with Crippen LogP contribution in [0.5, 0.6) is 0 Å². The fraction of sp³-hybridized carbons (Fsp3) is 0.176. The lowest BCUT2D eigenvalue weighted by atomic mass is 9.96. The highest BCUT2D eigenvalue weighted by Crippen LogP contribution is 2.40. The molecule has 1 atom stereocenters. The highest BCUT2D eigenvalue weighted by molar-refractivity contribution is 9.10. The second-order valence-electron chi connectivity index (χ2n) is 5.53. The Kier molecular flexibility index (Phi) is 4.42. The molecular weight excluding hydrogens is 401 g/mol. The standard InChI is InChI=1S/C17H12BrF3N2O2/c18-13-8-4-5-11(9-13)15(24)23-16(25,12-6-2-1-3-7-12)10-14(22-23)17(19,20)21/h1-9,25H,10H2/t16-/m1/s1. The molecule has 2 aromatic rings.